The van der Waals surface area contributed by atoms with Gasteiger partial charge in [-0.05, 0) is 49.9 Å². The summed E-state index contributed by atoms with van der Waals surface area (Å²) in [6, 6.07) is 3.37. The molecule has 0 bridgehead atoms. The number of nitrogens with one attached hydrogen (secondary N) is 1. The van der Waals surface area contributed by atoms with Gasteiger partial charge in [0.1, 0.15) is 0 Å². The first-order valence-corrected chi connectivity index (χ1v) is 8.88. The van der Waals surface area contributed by atoms with E-state index in [1.54, 1.807) is 0 Å². The molecular weight excluding hydrogens is 315 g/mol. The second-order valence-electron chi connectivity index (χ2n) is 5.83. The summed E-state index contributed by atoms with van der Waals surface area (Å²) in [4.78, 5) is -0.136. The number of rotatable bonds is 4. The molecule has 1 aliphatic rings. The van der Waals surface area contributed by atoms with Crippen LogP contribution >= 0.6 is 0 Å². The number of alkyl halides is 3. The molecule has 1 N–H and O–H groups in total. The first-order chi connectivity index (χ1) is 10.2. The van der Waals surface area contributed by atoms with E-state index < -0.39 is 21.8 Å². The first-order valence-electron chi connectivity index (χ1n) is 7.40. The van der Waals surface area contributed by atoms with Gasteiger partial charge in [-0.3, -0.25) is 0 Å². The van der Waals surface area contributed by atoms with Crippen molar-refractivity contribution in [1.29, 1.82) is 0 Å². The standard InChI is InChI=1S/C15H20F3NO2S/c1-11(12-5-3-2-4-6-12)19-22(20,21)14-9-7-13(8-10-14)15(16,17)18/h7-12,19H,2-6H2,1H3. The molecule has 0 heterocycles. The molecule has 0 aromatic heterocycles. The lowest BCUT2D eigenvalue weighted by Gasteiger charge is -2.28. The van der Waals surface area contributed by atoms with E-state index in [0.29, 0.717) is 0 Å². The van der Waals surface area contributed by atoms with E-state index >= 15 is 0 Å². The van der Waals surface area contributed by atoms with Crippen LogP contribution in [-0.2, 0) is 16.2 Å². The molecule has 1 atom stereocenters. The summed E-state index contributed by atoms with van der Waals surface area (Å²) in [5, 5.41) is 0. The smallest absolute Gasteiger partial charge is 0.208 e. The molecule has 0 aliphatic heterocycles. The Morgan fingerprint density at radius 1 is 1.09 bits per heavy atom. The van der Waals surface area contributed by atoms with Gasteiger partial charge in [0, 0.05) is 6.04 Å². The molecule has 0 radical (unpaired) electrons. The van der Waals surface area contributed by atoms with E-state index in [9.17, 15) is 21.6 Å². The van der Waals surface area contributed by atoms with E-state index in [4.69, 9.17) is 0 Å². The molecule has 1 unspecified atom stereocenters. The van der Waals surface area contributed by atoms with Gasteiger partial charge < -0.3 is 0 Å². The summed E-state index contributed by atoms with van der Waals surface area (Å²) >= 11 is 0. The Bertz CT molecular complexity index is 590. The Kier molecular flexibility index (Phi) is 5.17. The molecule has 0 saturated heterocycles. The lowest BCUT2D eigenvalue weighted by Crippen LogP contribution is -2.38. The third-order valence-corrected chi connectivity index (χ3v) is 5.76. The van der Waals surface area contributed by atoms with Crippen LogP contribution in [0.2, 0.25) is 0 Å². The monoisotopic (exact) mass is 335 g/mol. The fourth-order valence-electron chi connectivity index (χ4n) is 2.87. The van der Waals surface area contributed by atoms with Gasteiger partial charge in [0.25, 0.3) is 0 Å². The normalized spacial score (nSPS) is 19.1. The Morgan fingerprint density at radius 3 is 2.14 bits per heavy atom. The van der Waals surface area contributed by atoms with E-state index in [0.717, 1.165) is 49.9 Å². The maximum Gasteiger partial charge on any atom is 0.416 e. The average molecular weight is 335 g/mol. The molecule has 0 amide bonds. The quantitative estimate of drug-likeness (QED) is 0.905. The zero-order valence-electron chi connectivity index (χ0n) is 12.4. The van der Waals surface area contributed by atoms with Crippen molar-refractivity contribution in [2.75, 3.05) is 0 Å². The highest BCUT2D eigenvalue weighted by Crippen LogP contribution is 2.30. The summed E-state index contributed by atoms with van der Waals surface area (Å²) in [5.41, 5.74) is -0.855. The van der Waals surface area contributed by atoms with Gasteiger partial charge in [0.05, 0.1) is 10.5 Å². The lowest BCUT2D eigenvalue weighted by molar-refractivity contribution is -0.137. The Labute approximate surface area is 129 Å². The highest BCUT2D eigenvalue weighted by Gasteiger charge is 2.31. The van der Waals surface area contributed by atoms with Crippen LogP contribution in [0.25, 0.3) is 0 Å². The highest BCUT2D eigenvalue weighted by atomic mass is 32.2. The van der Waals surface area contributed by atoms with Crippen LogP contribution in [0.3, 0.4) is 0 Å². The SMILES string of the molecule is CC(NS(=O)(=O)c1ccc(C(F)(F)F)cc1)C1CCCCC1. The van der Waals surface area contributed by atoms with Crippen LogP contribution < -0.4 is 4.72 Å². The summed E-state index contributed by atoms with van der Waals surface area (Å²) < 4.78 is 64.6. The van der Waals surface area contributed by atoms with Gasteiger partial charge in [0.15, 0.2) is 0 Å². The molecule has 3 nitrogen and oxygen atoms in total. The molecule has 124 valence electrons. The Morgan fingerprint density at radius 2 is 1.64 bits per heavy atom. The summed E-state index contributed by atoms with van der Waals surface area (Å²) in [7, 11) is -3.79. The van der Waals surface area contributed by atoms with Crippen LogP contribution in [0.4, 0.5) is 13.2 Å². The van der Waals surface area contributed by atoms with Gasteiger partial charge in [-0.2, -0.15) is 13.2 Å². The first kappa shape index (κ1) is 17.3. The predicted molar refractivity (Wildman–Crippen MR) is 77.8 cm³/mol. The topological polar surface area (TPSA) is 46.2 Å². The molecule has 0 spiro atoms. The van der Waals surface area contributed by atoms with Crippen molar-refractivity contribution in [3.05, 3.63) is 29.8 Å². The van der Waals surface area contributed by atoms with Crippen LogP contribution in [0, 0.1) is 5.92 Å². The average Bonchev–Trinajstić information content (AvgIpc) is 2.47. The third kappa shape index (κ3) is 4.23. The molecule has 1 aliphatic carbocycles. The van der Waals surface area contributed by atoms with Gasteiger partial charge in [0.2, 0.25) is 10.0 Å². The van der Waals surface area contributed by atoms with Gasteiger partial charge in [-0.1, -0.05) is 19.3 Å². The largest absolute Gasteiger partial charge is 0.416 e. The number of hydrogen-bond acceptors (Lipinski definition) is 2. The van der Waals surface area contributed by atoms with Gasteiger partial charge in [-0.25, -0.2) is 13.1 Å². The van der Waals surface area contributed by atoms with Crippen molar-refractivity contribution in [2.45, 2.75) is 56.1 Å². The maximum absolute atomic E-state index is 12.5. The van der Waals surface area contributed by atoms with Crippen molar-refractivity contribution in [3.63, 3.8) is 0 Å². The fourth-order valence-corrected chi connectivity index (χ4v) is 4.18. The zero-order chi connectivity index (χ0) is 16.4. The number of sulfonamides is 1. The van der Waals surface area contributed by atoms with Gasteiger partial charge >= 0.3 is 6.18 Å². The van der Waals surface area contributed by atoms with Crippen LogP contribution in [-0.4, -0.2) is 14.5 Å². The van der Waals surface area contributed by atoms with Crippen molar-refractivity contribution in [2.24, 2.45) is 5.92 Å². The molecule has 1 aromatic carbocycles. The van der Waals surface area contributed by atoms with Crippen LogP contribution in [0.15, 0.2) is 29.2 Å². The minimum atomic E-state index is -4.47. The van der Waals surface area contributed by atoms with Crippen molar-refractivity contribution in [3.8, 4) is 0 Å². The minimum absolute atomic E-state index is 0.136. The minimum Gasteiger partial charge on any atom is -0.208 e. The molecule has 1 saturated carbocycles. The van der Waals surface area contributed by atoms with Crippen molar-refractivity contribution < 1.29 is 21.6 Å². The molecule has 2 rings (SSSR count). The molecule has 1 aromatic rings. The summed E-state index contributed by atoms with van der Waals surface area (Å²) in [6.07, 6.45) is 0.863. The van der Waals surface area contributed by atoms with E-state index in [1.165, 1.54) is 6.42 Å². The number of benzene rings is 1. The molecule has 22 heavy (non-hydrogen) atoms. The van der Waals surface area contributed by atoms with E-state index in [2.05, 4.69) is 4.72 Å². The highest BCUT2D eigenvalue weighted by molar-refractivity contribution is 7.89. The predicted octanol–water partition coefficient (Wildman–Crippen LogP) is 3.95. The van der Waals surface area contributed by atoms with Crippen LogP contribution in [0.1, 0.15) is 44.6 Å². The Balaban J connectivity index is 2.09. The van der Waals surface area contributed by atoms with Crippen molar-refractivity contribution in [1.82, 2.24) is 4.72 Å². The molecule has 7 heteroatoms. The fraction of sp³-hybridized carbons (Fsp3) is 0.600. The maximum atomic E-state index is 12.5. The summed E-state index contributed by atoms with van der Waals surface area (Å²) in [6.45, 7) is 1.82. The number of halogens is 3. The third-order valence-electron chi connectivity index (χ3n) is 4.19. The van der Waals surface area contributed by atoms with Crippen molar-refractivity contribution >= 4 is 10.0 Å². The second-order valence-corrected chi connectivity index (χ2v) is 7.54. The summed E-state index contributed by atoms with van der Waals surface area (Å²) in [5.74, 6) is 0.290. The second kappa shape index (κ2) is 6.58. The van der Waals surface area contributed by atoms with E-state index in [1.807, 2.05) is 6.92 Å². The van der Waals surface area contributed by atoms with Gasteiger partial charge in [-0.15, -0.1) is 0 Å². The molecular formula is C15H20F3NO2S. The molecule has 1 fully saturated rings. The lowest BCUT2D eigenvalue weighted by atomic mass is 9.85. The van der Waals surface area contributed by atoms with Crippen LogP contribution in [0.5, 0.6) is 0 Å². The Hall–Kier alpha value is -1.08. The van der Waals surface area contributed by atoms with E-state index in [-0.39, 0.29) is 16.9 Å². The number of hydrogen-bond donors (Lipinski definition) is 1. The zero-order valence-corrected chi connectivity index (χ0v) is 13.2.